The maximum absolute atomic E-state index is 8.58. The number of rotatable bonds is 0. The van der Waals surface area contributed by atoms with Gasteiger partial charge in [-0.2, -0.15) is 0 Å². The third-order valence-corrected chi connectivity index (χ3v) is 0. The summed E-state index contributed by atoms with van der Waals surface area (Å²) in [5, 5.41) is 29.5. The standard InChI is InChI=1S/2NO3.12H2O.2O.U/c2*2-1(3)4;;;;;;;;;;;;;;;/h;;12*1H2;;;/q2*-1;;;;;;;;;;;;;;;+2. The van der Waals surface area contributed by atoms with Gasteiger partial charge in [0.15, 0.2) is 0 Å². The van der Waals surface area contributed by atoms with Crippen molar-refractivity contribution < 1.29 is 108 Å². The van der Waals surface area contributed by atoms with Crippen molar-refractivity contribution in [1.82, 2.24) is 0 Å². The average molecular weight is 610 g/mol. The van der Waals surface area contributed by atoms with Gasteiger partial charge in [0, 0.05) is 0 Å². The van der Waals surface area contributed by atoms with Gasteiger partial charge in [0.25, 0.3) is 0 Å². The summed E-state index contributed by atoms with van der Waals surface area (Å²) in [6.07, 6.45) is 0. The molecule has 24 N–H and O–H groups in total. The molecule has 0 aliphatic carbocycles. The molecule has 0 aromatic rings. The molecule has 158 valence electrons. The van der Waals surface area contributed by atoms with Crippen LogP contribution in [0.2, 0.25) is 0 Å². The molecule has 0 unspecified atom stereocenters. The minimum atomic E-state index is -2.51. The Morgan fingerprint density at radius 2 is 0.435 bits per heavy atom. The molecule has 0 aromatic carbocycles. The van der Waals surface area contributed by atoms with Crippen LogP contribution in [0.15, 0.2) is 0 Å². The third-order valence-electron chi connectivity index (χ3n) is 0. The van der Waals surface area contributed by atoms with Gasteiger partial charge < -0.3 is 96.4 Å². The molecular weight excluding hydrogens is 586 g/mol. The van der Waals surface area contributed by atoms with Gasteiger partial charge in [-0.25, -0.2) is 0 Å². The molecule has 0 saturated heterocycles. The van der Waals surface area contributed by atoms with Crippen LogP contribution < -0.4 is 0 Å². The summed E-state index contributed by atoms with van der Waals surface area (Å²) in [7, 11) is 0. The first kappa shape index (κ1) is 211. The summed E-state index contributed by atoms with van der Waals surface area (Å²) < 4.78 is 17.2. The van der Waals surface area contributed by atoms with Crippen molar-refractivity contribution in [3.63, 3.8) is 0 Å². The van der Waals surface area contributed by atoms with Crippen LogP contribution in [0.1, 0.15) is 0 Å². The van der Waals surface area contributed by atoms with Crippen molar-refractivity contribution in [2.45, 2.75) is 0 Å². The van der Waals surface area contributed by atoms with Crippen LogP contribution >= 0.6 is 0 Å². The zero-order valence-corrected chi connectivity index (χ0v) is 14.8. The normalized spacial score (nSPS) is 2.43. The first-order chi connectivity index (χ1) is 4.88. The van der Waals surface area contributed by atoms with Crippen molar-refractivity contribution in [1.29, 1.82) is 0 Å². The fourth-order valence-corrected chi connectivity index (χ4v) is 0. The number of hydrogen-bond acceptors (Lipinski definition) is 8. The van der Waals surface area contributed by atoms with E-state index in [4.69, 9.17) is 35.1 Å². The van der Waals surface area contributed by atoms with Gasteiger partial charge in [0.05, 0.1) is 10.2 Å². The minimum absolute atomic E-state index is 0. The average Bonchev–Trinajstić information content (AvgIpc) is 1.60. The maximum atomic E-state index is 8.58. The molecule has 0 atom stereocenters. The van der Waals surface area contributed by atoms with Crippen LogP contribution in [0.25, 0.3) is 0 Å². The Morgan fingerprint density at radius 1 is 0.435 bits per heavy atom. The van der Waals surface area contributed by atoms with Gasteiger partial charge in [-0.3, -0.25) is 0 Å². The SMILES string of the molecule is O.O.O.O.O.O.O.O.O.O.O.O.O=[N+]([O-])[O-].O=[N+]([O-])[O-].[O]=[U+2]=[O]. The zero-order valence-electron chi connectivity index (χ0n) is 10.7. The quantitative estimate of drug-likeness (QED) is 0.187. The van der Waals surface area contributed by atoms with Crippen LogP contribution in [0, 0.1) is 58.5 Å². The second-order valence-electron chi connectivity index (χ2n) is 0.531. The van der Waals surface area contributed by atoms with Crippen LogP contribution in [-0.4, -0.2) is 75.9 Å². The van der Waals surface area contributed by atoms with E-state index in [2.05, 4.69) is 0 Å². The third kappa shape index (κ3) is 3480. The van der Waals surface area contributed by atoms with Gasteiger partial charge in [-0.1, -0.05) is 0 Å². The van der Waals surface area contributed by atoms with Crippen molar-refractivity contribution in [2.24, 2.45) is 0 Å². The number of nitrogens with zero attached hydrogens (tertiary/aromatic N) is 2. The zero-order chi connectivity index (χ0) is 9.86. The predicted molar refractivity (Wildman–Crippen MR) is 65.5 cm³/mol. The second kappa shape index (κ2) is 254. The van der Waals surface area contributed by atoms with Crippen molar-refractivity contribution >= 4 is 0 Å². The number of hydrogen-bond donors (Lipinski definition) is 0. The summed E-state index contributed by atoms with van der Waals surface area (Å²) in [5.74, 6) is 0. The topological polar surface area (TPSA) is 545 Å². The molecule has 22 nitrogen and oxygen atoms in total. The Hall–Kier alpha value is -1.43. The van der Waals surface area contributed by atoms with Gasteiger partial charge >= 0.3 is 32.3 Å². The first-order valence-corrected chi connectivity index (χ1v) is 4.90. The Balaban J connectivity index is -0.00000000256. The molecule has 0 aliphatic rings. The summed E-state index contributed by atoms with van der Waals surface area (Å²) in [6, 6.07) is 0. The molecule has 0 heterocycles. The van der Waals surface area contributed by atoms with E-state index in [1.54, 1.807) is 0 Å². The van der Waals surface area contributed by atoms with Gasteiger partial charge in [-0.05, 0) is 0 Å². The van der Waals surface area contributed by atoms with Gasteiger partial charge in [0.1, 0.15) is 0 Å². The van der Waals surface area contributed by atoms with Crippen LogP contribution in [0.4, 0.5) is 0 Å². The van der Waals surface area contributed by atoms with Crippen LogP contribution in [0.5, 0.6) is 0 Å². The Bertz CT molecular complexity index is 128. The van der Waals surface area contributed by atoms with E-state index in [0.717, 1.165) is 0 Å². The Morgan fingerprint density at radius 3 is 0.435 bits per heavy atom. The van der Waals surface area contributed by atoms with E-state index < -0.39 is 38.0 Å². The Labute approximate surface area is 139 Å². The molecule has 0 fully saturated rings. The molecule has 0 rings (SSSR count). The van der Waals surface area contributed by atoms with E-state index in [-0.39, 0.29) is 65.7 Å². The van der Waals surface area contributed by atoms with Gasteiger partial charge in [0.2, 0.25) is 0 Å². The molecule has 0 saturated carbocycles. The molecule has 23 heteroatoms. The molecular formula is H24N2O20U. The van der Waals surface area contributed by atoms with Crippen molar-refractivity contribution in [3.8, 4) is 0 Å². The van der Waals surface area contributed by atoms with Crippen LogP contribution in [0.3, 0.4) is 0 Å². The van der Waals surface area contributed by atoms with Crippen LogP contribution in [-0.2, 0) is 4.47 Å². The van der Waals surface area contributed by atoms with Crippen molar-refractivity contribution in [3.05, 3.63) is 30.6 Å². The Kier molecular flexibility index (Phi) is 2330. The summed E-state index contributed by atoms with van der Waals surface area (Å²) in [5.41, 5.74) is 0. The van der Waals surface area contributed by atoms with E-state index in [0.29, 0.717) is 0 Å². The first-order valence-electron chi connectivity index (χ1n) is 1.50. The van der Waals surface area contributed by atoms with Gasteiger partial charge in [-0.15, -0.1) is 0 Å². The fraction of sp³-hybridized carbons (Fsp3) is 0. The molecule has 0 aliphatic heterocycles. The second-order valence-corrected chi connectivity index (χ2v) is 1.22. The monoisotopic (exact) mass is 610 g/mol. The summed E-state index contributed by atoms with van der Waals surface area (Å²) >= 11 is -2.51. The molecule has 0 amide bonds. The predicted octanol–water partition coefficient (Wildman–Crippen LogP) is -10.6. The van der Waals surface area contributed by atoms with Crippen molar-refractivity contribution in [2.75, 3.05) is 0 Å². The molecule has 0 spiro atoms. The molecule has 0 bridgehead atoms. The summed E-state index contributed by atoms with van der Waals surface area (Å²) in [6.45, 7) is 0. The molecule has 23 heavy (non-hydrogen) atoms. The molecule has 0 radical (unpaired) electrons. The molecule has 0 aromatic heterocycles. The summed E-state index contributed by atoms with van der Waals surface area (Å²) in [4.78, 5) is 16.5. The fourth-order valence-electron chi connectivity index (χ4n) is 0. The van der Waals surface area contributed by atoms with E-state index in [1.807, 2.05) is 0 Å². The van der Waals surface area contributed by atoms with E-state index in [9.17, 15) is 0 Å². The van der Waals surface area contributed by atoms with E-state index >= 15 is 0 Å². The van der Waals surface area contributed by atoms with E-state index in [1.165, 1.54) is 0 Å².